The van der Waals surface area contributed by atoms with Crippen LogP contribution in [0.15, 0.2) is 74.6 Å². The maximum Gasteiger partial charge on any atom is 0.337 e. The Morgan fingerprint density at radius 2 is 1.56 bits per heavy atom. The number of carbonyl (C=O) groups excluding carboxylic acids is 1. The predicted molar refractivity (Wildman–Crippen MR) is 136 cm³/mol. The summed E-state index contributed by atoms with van der Waals surface area (Å²) < 4.78 is 3.52. The number of carbonyl (C=O) groups is 1. The first-order chi connectivity index (χ1) is 16.6. The lowest BCUT2D eigenvalue weighted by Gasteiger charge is -2.36. The van der Waals surface area contributed by atoms with Gasteiger partial charge >= 0.3 is 5.69 Å². The molecule has 174 valence electrons. The van der Waals surface area contributed by atoms with Crippen molar-refractivity contribution in [2.75, 3.05) is 37.3 Å². The molecule has 0 radical (unpaired) electrons. The van der Waals surface area contributed by atoms with Gasteiger partial charge in [0.1, 0.15) is 11.2 Å². The van der Waals surface area contributed by atoms with E-state index in [2.05, 4.69) is 22.0 Å². The van der Waals surface area contributed by atoms with Gasteiger partial charge in [-0.25, -0.2) is 14.3 Å². The van der Waals surface area contributed by atoms with Crippen molar-refractivity contribution in [1.82, 2.24) is 19.0 Å². The zero-order valence-electron chi connectivity index (χ0n) is 18.6. The molecule has 8 nitrogen and oxygen atoms in total. The van der Waals surface area contributed by atoms with Crippen LogP contribution >= 0.6 is 23.1 Å². The summed E-state index contributed by atoms with van der Waals surface area (Å²) in [7, 11) is 0. The van der Waals surface area contributed by atoms with Crippen molar-refractivity contribution in [3.63, 3.8) is 0 Å². The summed E-state index contributed by atoms with van der Waals surface area (Å²) in [4.78, 5) is 48.4. The molecule has 0 aliphatic carbocycles. The van der Waals surface area contributed by atoms with E-state index in [4.69, 9.17) is 0 Å². The first-order valence-electron chi connectivity index (χ1n) is 10.9. The number of para-hydroxylation sites is 2. The summed E-state index contributed by atoms with van der Waals surface area (Å²) in [6.07, 6.45) is 1.87. The van der Waals surface area contributed by atoms with Crippen LogP contribution < -0.4 is 16.1 Å². The van der Waals surface area contributed by atoms with Crippen LogP contribution in [0.1, 0.15) is 0 Å². The minimum Gasteiger partial charge on any atom is -0.368 e. The van der Waals surface area contributed by atoms with Crippen LogP contribution in [0.4, 0.5) is 5.69 Å². The first-order valence-corrected chi connectivity index (χ1v) is 12.9. The summed E-state index contributed by atoms with van der Waals surface area (Å²) in [5.41, 5.74) is 0.903. The van der Waals surface area contributed by atoms with E-state index in [-0.39, 0.29) is 18.1 Å². The molecule has 1 saturated heterocycles. The van der Waals surface area contributed by atoms with Gasteiger partial charge in [0.2, 0.25) is 5.91 Å². The fourth-order valence-corrected chi connectivity index (χ4v) is 5.63. The molecule has 2 aromatic carbocycles. The molecule has 34 heavy (non-hydrogen) atoms. The van der Waals surface area contributed by atoms with Crippen LogP contribution in [0.25, 0.3) is 16.0 Å². The Morgan fingerprint density at radius 3 is 2.18 bits per heavy atom. The lowest BCUT2D eigenvalue weighted by Crippen LogP contribution is -2.50. The molecule has 1 aliphatic heterocycles. The largest absolute Gasteiger partial charge is 0.368 e. The van der Waals surface area contributed by atoms with Crippen molar-refractivity contribution < 1.29 is 4.79 Å². The summed E-state index contributed by atoms with van der Waals surface area (Å²) in [6.45, 7) is 2.41. The molecular weight excluding hydrogens is 470 g/mol. The van der Waals surface area contributed by atoms with Crippen molar-refractivity contribution in [3.8, 4) is 5.69 Å². The predicted octanol–water partition coefficient (Wildman–Crippen LogP) is 2.68. The van der Waals surface area contributed by atoms with Crippen LogP contribution in [0.5, 0.6) is 0 Å². The maximum atomic E-state index is 13.5. The molecule has 0 atom stereocenters. The summed E-state index contributed by atoms with van der Waals surface area (Å²) >= 11 is 2.65. The zero-order valence-corrected chi connectivity index (χ0v) is 20.2. The standard InChI is InChI=1S/C24H23N5O3S2/c1-33-23-25-21-20(34-23)22(31)29(18-10-6-3-7-11-18)24(32)28(21)16-19(30)27-14-12-26(13-15-27)17-8-4-2-5-9-17/h2-11H,12-16H2,1H3. The molecule has 1 amide bonds. The van der Waals surface area contributed by atoms with Gasteiger partial charge in [-0.1, -0.05) is 48.2 Å². The number of fused-ring (bicyclic) bond motifs is 1. The number of piperazine rings is 1. The van der Waals surface area contributed by atoms with E-state index in [1.54, 1.807) is 29.2 Å². The molecule has 3 heterocycles. The highest BCUT2D eigenvalue weighted by atomic mass is 32.2. The fraction of sp³-hybridized carbons (Fsp3) is 0.250. The molecule has 1 aliphatic rings. The molecule has 0 bridgehead atoms. The number of thiazole rings is 1. The number of nitrogens with zero attached hydrogens (tertiary/aromatic N) is 5. The van der Waals surface area contributed by atoms with Crippen LogP contribution in [0, 0.1) is 0 Å². The van der Waals surface area contributed by atoms with Gasteiger partial charge < -0.3 is 9.80 Å². The van der Waals surface area contributed by atoms with E-state index in [0.717, 1.165) is 23.3 Å². The maximum absolute atomic E-state index is 13.5. The molecule has 5 rings (SSSR count). The van der Waals surface area contributed by atoms with Gasteiger partial charge in [0.15, 0.2) is 9.99 Å². The third-order valence-electron chi connectivity index (χ3n) is 5.90. The number of hydrogen-bond acceptors (Lipinski definition) is 7. The smallest absolute Gasteiger partial charge is 0.337 e. The van der Waals surface area contributed by atoms with Gasteiger partial charge in [0.25, 0.3) is 5.56 Å². The first kappa shape index (κ1) is 22.4. The average Bonchev–Trinajstić information content (AvgIpc) is 3.33. The van der Waals surface area contributed by atoms with E-state index in [1.165, 1.54) is 27.7 Å². The van der Waals surface area contributed by atoms with Gasteiger partial charge in [-0.3, -0.25) is 14.2 Å². The zero-order chi connectivity index (χ0) is 23.7. The number of rotatable bonds is 5. The van der Waals surface area contributed by atoms with Crippen molar-refractivity contribution in [2.45, 2.75) is 10.9 Å². The topological polar surface area (TPSA) is 80.4 Å². The van der Waals surface area contributed by atoms with E-state index in [9.17, 15) is 14.4 Å². The molecular formula is C24H23N5O3S2. The number of thioether (sulfide) groups is 1. The number of benzene rings is 2. The Bertz CT molecular complexity index is 1440. The third-order valence-corrected chi connectivity index (χ3v) is 7.92. The van der Waals surface area contributed by atoms with E-state index < -0.39 is 11.2 Å². The third kappa shape index (κ3) is 4.14. The summed E-state index contributed by atoms with van der Waals surface area (Å²) in [5, 5.41) is 0. The van der Waals surface area contributed by atoms with E-state index in [0.29, 0.717) is 27.8 Å². The van der Waals surface area contributed by atoms with Gasteiger partial charge in [0, 0.05) is 31.9 Å². The lowest BCUT2D eigenvalue weighted by molar-refractivity contribution is -0.132. The van der Waals surface area contributed by atoms with Crippen LogP contribution in [0.3, 0.4) is 0 Å². The van der Waals surface area contributed by atoms with E-state index >= 15 is 0 Å². The molecule has 10 heteroatoms. The summed E-state index contributed by atoms with van der Waals surface area (Å²) in [6, 6.07) is 18.9. The van der Waals surface area contributed by atoms with Gasteiger partial charge in [-0.05, 0) is 30.5 Å². The average molecular weight is 494 g/mol. The van der Waals surface area contributed by atoms with Crippen molar-refractivity contribution in [1.29, 1.82) is 0 Å². The minimum absolute atomic E-state index is 0.159. The number of hydrogen-bond donors (Lipinski definition) is 0. The normalized spacial score (nSPS) is 14.0. The molecule has 2 aromatic heterocycles. The second-order valence-corrected chi connectivity index (χ2v) is 9.94. The van der Waals surface area contributed by atoms with Crippen molar-refractivity contribution >= 4 is 45.0 Å². The Morgan fingerprint density at radius 1 is 0.941 bits per heavy atom. The van der Waals surface area contributed by atoms with Gasteiger partial charge in [-0.2, -0.15) is 0 Å². The van der Waals surface area contributed by atoms with Crippen LogP contribution in [-0.2, 0) is 11.3 Å². The minimum atomic E-state index is -0.557. The highest BCUT2D eigenvalue weighted by molar-refractivity contribution is 8.00. The number of aromatic nitrogens is 3. The highest BCUT2D eigenvalue weighted by Gasteiger charge is 2.25. The molecule has 0 unspecified atom stereocenters. The van der Waals surface area contributed by atoms with Gasteiger partial charge in [0.05, 0.1) is 5.69 Å². The fourth-order valence-electron chi connectivity index (χ4n) is 4.14. The molecule has 0 N–H and O–H groups in total. The number of amides is 1. The quantitative estimate of drug-likeness (QED) is 0.398. The monoisotopic (exact) mass is 493 g/mol. The molecule has 0 spiro atoms. The molecule has 1 fully saturated rings. The van der Waals surface area contributed by atoms with Crippen LogP contribution in [0.2, 0.25) is 0 Å². The van der Waals surface area contributed by atoms with Gasteiger partial charge in [-0.15, -0.1) is 11.3 Å². The van der Waals surface area contributed by atoms with Crippen molar-refractivity contribution in [2.24, 2.45) is 0 Å². The number of anilines is 1. The van der Waals surface area contributed by atoms with E-state index in [1.807, 2.05) is 30.5 Å². The van der Waals surface area contributed by atoms with Crippen LogP contribution in [-0.4, -0.2) is 57.4 Å². The SMILES string of the molecule is CSc1nc2c(s1)c(=O)n(-c1ccccc1)c(=O)n2CC(=O)N1CCN(c2ccccc2)CC1. The molecule has 0 saturated carbocycles. The Labute approximate surface area is 204 Å². The summed E-state index contributed by atoms with van der Waals surface area (Å²) in [5.74, 6) is -0.159. The lowest BCUT2D eigenvalue weighted by atomic mass is 10.2. The molecule has 4 aromatic rings. The Balaban J connectivity index is 1.46. The van der Waals surface area contributed by atoms with Crippen molar-refractivity contribution in [3.05, 3.63) is 81.5 Å². The Hall–Kier alpha value is -3.37. The Kier molecular flexibility index (Phi) is 6.25. The highest BCUT2D eigenvalue weighted by Crippen LogP contribution is 2.25. The second-order valence-electron chi connectivity index (χ2n) is 7.88. The second kappa shape index (κ2) is 9.47.